The lowest BCUT2D eigenvalue weighted by molar-refractivity contribution is -0.645. The van der Waals surface area contributed by atoms with Crippen LogP contribution in [0.25, 0.3) is 55.4 Å². The first-order valence-electron chi connectivity index (χ1n) is 18.2. The minimum Gasteiger partial charge on any atom is -0.457 e. The molecule has 0 aliphatic carbocycles. The molecule has 0 radical (unpaired) electrons. The van der Waals surface area contributed by atoms with Gasteiger partial charge in [0.05, 0.1) is 29.1 Å². The molecule has 1 aliphatic heterocycles. The van der Waals surface area contributed by atoms with E-state index >= 15 is 0 Å². The second-order valence-corrected chi connectivity index (χ2v) is 16.3. The first kappa shape index (κ1) is 31.5. The molecule has 0 amide bonds. The van der Waals surface area contributed by atoms with Crippen LogP contribution in [0.1, 0.15) is 71.3 Å². The van der Waals surface area contributed by atoms with E-state index in [4.69, 9.17) is 14.7 Å². The van der Waals surface area contributed by atoms with Gasteiger partial charge in [0.15, 0.2) is 11.0 Å². The molecule has 4 aromatic carbocycles. The first-order chi connectivity index (χ1) is 24.4. The second kappa shape index (κ2) is 11.3. The maximum absolute atomic E-state index is 6.67. The van der Waals surface area contributed by atoms with E-state index in [1.807, 2.05) is 12.3 Å². The van der Waals surface area contributed by atoms with E-state index in [1.165, 1.54) is 51.6 Å². The third-order valence-electron chi connectivity index (χ3n) is 10.7. The average Bonchev–Trinajstić information content (AvgIpc) is 3.75. The molecule has 0 fully saturated rings. The summed E-state index contributed by atoms with van der Waals surface area (Å²) in [4.78, 5) is 9.93. The van der Waals surface area contributed by atoms with Gasteiger partial charge in [0.25, 0.3) is 0 Å². The lowest BCUT2D eigenvalue weighted by Crippen LogP contribution is -2.25. The molecule has 256 valence electrons. The van der Waals surface area contributed by atoms with Gasteiger partial charge in [0, 0.05) is 54.2 Å². The van der Waals surface area contributed by atoms with Crippen LogP contribution in [0.4, 0.5) is 0 Å². The Morgan fingerprint density at radius 3 is 2.33 bits per heavy atom. The van der Waals surface area contributed by atoms with Crippen LogP contribution >= 0.6 is 0 Å². The Morgan fingerprint density at radius 2 is 1.51 bits per heavy atom. The number of nitrogens with zero attached hydrogens (tertiary/aromatic N) is 6. The smallest absolute Gasteiger partial charge is 0.249 e. The molecule has 4 aromatic heterocycles. The zero-order valence-electron chi connectivity index (χ0n) is 30.7. The first-order valence-corrected chi connectivity index (χ1v) is 18.2. The van der Waals surface area contributed by atoms with Gasteiger partial charge in [-0.15, -0.1) is 0 Å². The number of pyridine rings is 1. The van der Waals surface area contributed by atoms with Crippen LogP contribution in [0.15, 0.2) is 97.5 Å². The molecule has 9 rings (SSSR count). The van der Waals surface area contributed by atoms with Crippen molar-refractivity contribution in [3.63, 3.8) is 0 Å². The van der Waals surface area contributed by atoms with Crippen LogP contribution in [0.2, 0.25) is 0 Å². The number of hydrogen-bond acceptors (Lipinski definition) is 3. The van der Waals surface area contributed by atoms with E-state index in [0.717, 1.165) is 58.0 Å². The maximum atomic E-state index is 6.67. The van der Waals surface area contributed by atoms with Crippen molar-refractivity contribution in [3.05, 3.63) is 114 Å². The Kier molecular flexibility index (Phi) is 6.98. The van der Waals surface area contributed by atoms with Crippen molar-refractivity contribution in [2.75, 3.05) is 0 Å². The zero-order chi connectivity index (χ0) is 35.2. The number of fused-ring (bicyclic) bond motifs is 7. The van der Waals surface area contributed by atoms with Crippen LogP contribution in [-0.4, -0.2) is 23.7 Å². The fourth-order valence-electron chi connectivity index (χ4n) is 7.79. The predicted molar refractivity (Wildman–Crippen MR) is 207 cm³/mol. The topological polar surface area (TPSA) is 53.7 Å². The summed E-state index contributed by atoms with van der Waals surface area (Å²) in [6, 6.07) is 30.5. The molecular weight excluding hydrogens is 629 g/mol. The third kappa shape index (κ3) is 5.29. The summed E-state index contributed by atoms with van der Waals surface area (Å²) < 4.78 is 15.8. The minimum atomic E-state index is 0.00131. The summed E-state index contributed by atoms with van der Waals surface area (Å²) in [5.41, 5.74) is 10.4. The molecule has 0 N–H and O–H groups in total. The van der Waals surface area contributed by atoms with Crippen molar-refractivity contribution in [1.82, 2.24) is 23.7 Å². The molecule has 5 heterocycles. The molecule has 0 saturated carbocycles. The summed E-state index contributed by atoms with van der Waals surface area (Å²) in [6.45, 7) is 14.6. The molecule has 0 spiro atoms. The summed E-state index contributed by atoms with van der Waals surface area (Å²) in [7, 11) is 2.11. The van der Waals surface area contributed by atoms with Crippen molar-refractivity contribution in [1.29, 1.82) is 0 Å². The monoisotopic (exact) mass is 673 g/mol. The summed E-state index contributed by atoms with van der Waals surface area (Å²) in [5, 5.41) is 2.40. The van der Waals surface area contributed by atoms with Crippen LogP contribution < -0.4 is 9.30 Å². The van der Waals surface area contributed by atoms with Crippen LogP contribution in [0.3, 0.4) is 0 Å². The highest BCUT2D eigenvalue weighted by Gasteiger charge is 2.23. The van der Waals surface area contributed by atoms with Crippen LogP contribution in [0.5, 0.6) is 11.5 Å². The molecule has 0 atom stereocenters. The molecule has 7 nitrogen and oxygen atoms in total. The Hall–Kier alpha value is -5.43. The van der Waals surface area contributed by atoms with Crippen molar-refractivity contribution in [3.8, 4) is 23.0 Å². The van der Waals surface area contributed by atoms with Crippen molar-refractivity contribution < 1.29 is 9.30 Å². The summed E-state index contributed by atoms with van der Waals surface area (Å²) in [5.74, 6) is 3.67. The quantitative estimate of drug-likeness (QED) is 0.175. The van der Waals surface area contributed by atoms with Gasteiger partial charge in [0.1, 0.15) is 28.8 Å². The minimum absolute atomic E-state index is 0.00131. The van der Waals surface area contributed by atoms with Gasteiger partial charge in [0.2, 0.25) is 6.33 Å². The second-order valence-electron chi connectivity index (χ2n) is 16.3. The number of aryl methyl sites for hydroxylation is 3. The van der Waals surface area contributed by atoms with Crippen LogP contribution in [-0.2, 0) is 30.8 Å². The van der Waals surface area contributed by atoms with Crippen molar-refractivity contribution in [2.45, 2.75) is 78.2 Å². The lowest BCUT2D eigenvalue weighted by Gasteiger charge is -2.20. The average molecular weight is 674 g/mol. The number of hydrogen-bond donors (Lipinski definition) is 0. The van der Waals surface area contributed by atoms with E-state index in [1.54, 1.807) is 0 Å². The fraction of sp³-hybridized carbons (Fsp3) is 0.295. The van der Waals surface area contributed by atoms with E-state index in [9.17, 15) is 0 Å². The standard InChI is InChI=1S/C44H45N6O/c1-43(2,3)28-14-17-36-34(21-28)33-16-15-32(24-37(33)50(36)42-22-29(18-19-45-42)44(4,5)6)51-31-12-10-11-30(23-31)49-27-47(7)39-26-38-35(25-40(39)49)46-41-13-8-9-20-48(38)41/h10-12,14-19,21-27H,8-9,13,20H2,1-7H3/q+1. The van der Waals surface area contributed by atoms with Crippen molar-refractivity contribution >= 4 is 43.9 Å². The summed E-state index contributed by atoms with van der Waals surface area (Å²) in [6.07, 6.45) is 7.55. The largest absolute Gasteiger partial charge is 0.457 e. The normalized spacial score (nSPS) is 13.9. The highest BCUT2D eigenvalue weighted by Crippen LogP contribution is 2.38. The Balaban J connectivity index is 1.14. The van der Waals surface area contributed by atoms with Gasteiger partial charge in [-0.3, -0.25) is 4.57 Å². The molecule has 1 aliphatic rings. The molecule has 0 saturated heterocycles. The van der Waals surface area contributed by atoms with E-state index in [-0.39, 0.29) is 10.8 Å². The SMILES string of the molecule is C[n+]1cn(-c2cccc(Oc3ccc4c5cc(C(C)(C)C)ccc5n(-c5cc(C(C)(C)C)ccn5)c4c3)c2)c2cc3nc4n(c3cc21)CCCC4. The Morgan fingerprint density at radius 1 is 0.706 bits per heavy atom. The molecule has 0 unspecified atom stereocenters. The number of benzene rings is 4. The number of rotatable bonds is 4. The van der Waals surface area contributed by atoms with Crippen LogP contribution in [0, 0.1) is 0 Å². The van der Waals surface area contributed by atoms with Gasteiger partial charge in [-0.25, -0.2) is 14.5 Å². The number of imidazole rings is 2. The zero-order valence-corrected chi connectivity index (χ0v) is 30.7. The highest BCUT2D eigenvalue weighted by atomic mass is 16.5. The highest BCUT2D eigenvalue weighted by molar-refractivity contribution is 6.09. The fourth-order valence-corrected chi connectivity index (χ4v) is 7.79. The molecular formula is C44H45N6O+. The lowest BCUT2D eigenvalue weighted by atomic mass is 9.86. The van der Waals surface area contributed by atoms with E-state index in [2.05, 4.69) is 152 Å². The van der Waals surface area contributed by atoms with Crippen molar-refractivity contribution in [2.24, 2.45) is 7.05 Å². The number of ether oxygens (including phenoxy) is 1. The Bertz CT molecular complexity index is 2660. The molecule has 0 bridgehead atoms. The summed E-state index contributed by atoms with van der Waals surface area (Å²) >= 11 is 0. The predicted octanol–water partition coefficient (Wildman–Crippen LogP) is 10.0. The van der Waals surface area contributed by atoms with Gasteiger partial charge in [-0.1, -0.05) is 53.7 Å². The van der Waals surface area contributed by atoms with Gasteiger partial charge in [-0.2, -0.15) is 4.57 Å². The van der Waals surface area contributed by atoms with E-state index < -0.39 is 0 Å². The molecule has 8 aromatic rings. The molecule has 51 heavy (non-hydrogen) atoms. The number of aromatic nitrogens is 6. The van der Waals surface area contributed by atoms with Gasteiger partial charge in [-0.05, 0) is 83.3 Å². The Labute approximate surface area is 298 Å². The van der Waals surface area contributed by atoms with Gasteiger partial charge >= 0.3 is 0 Å². The van der Waals surface area contributed by atoms with Gasteiger partial charge < -0.3 is 9.30 Å². The van der Waals surface area contributed by atoms with E-state index in [0.29, 0.717) is 0 Å². The maximum Gasteiger partial charge on any atom is 0.249 e. The third-order valence-corrected chi connectivity index (χ3v) is 10.7. The molecule has 7 heteroatoms.